The maximum Gasteiger partial charge on any atom is 0.355 e. The average molecular weight is 435 g/mol. The molecule has 166 valence electrons. The van der Waals surface area contributed by atoms with Crippen molar-refractivity contribution in [3.8, 4) is 5.75 Å². The molecular formula is C24H25N3O5. The van der Waals surface area contributed by atoms with Crippen molar-refractivity contribution in [2.75, 3.05) is 19.0 Å². The van der Waals surface area contributed by atoms with Crippen molar-refractivity contribution in [1.29, 1.82) is 0 Å². The van der Waals surface area contributed by atoms with Crippen molar-refractivity contribution < 1.29 is 23.9 Å². The third kappa shape index (κ3) is 4.91. The molecule has 0 atom stereocenters. The van der Waals surface area contributed by atoms with Gasteiger partial charge in [-0.25, -0.2) is 4.79 Å². The molecule has 4 rings (SSSR count). The third-order valence-electron chi connectivity index (χ3n) is 5.52. The summed E-state index contributed by atoms with van der Waals surface area (Å²) in [5.74, 6) is -0.743. The lowest BCUT2D eigenvalue weighted by atomic mass is 10.1. The van der Waals surface area contributed by atoms with Gasteiger partial charge in [0.1, 0.15) is 11.4 Å². The van der Waals surface area contributed by atoms with E-state index in [0.717, 1.165) is 36.6 Å². The molecule has 1 aliphatic carbocycles. The number of methoxy groups -OCH3 is 1. The number of carbonyl (C=O) groups excluding carboxylic acids is 3. The van der Waals surface area contributed by atoms with Gasteiger partial charge in [-0.3, -0.25) is 9.59 Å². The fourth-order valence-corrected chi connectivity index (χ4v) is 3.86. The molecule has 2 amide bonds. The number of para-hydroxylation sites is 1. The monoisotopic (exact) mass is 435 g/mol. The molecule has 32 heavy (non-hydrogen) atoms. The van der Waals surface area contributed by atoms with Gasteiger partial charge in [0.25, 0.3) is 11.8 Å². The molecule has 1 aromatic heterocycles. The first-order valence-electron chi connectivity index (χ1n) is 10.6. The number of carbonyl (C=O) groups is 3. The number of benzene rings is 2. The summed E-state index contributed by atoms with van der Waals surface area (Å²) in [4.78, 5) is 40.3. The first-order chi connectivity index (χ1) is 15.5. The van der Waals surface area contributed by atoms with E-state index in [1.165, 1.54) is 0 Å². The van der Waals surface area contributed by atoms with Crippen LogP contribution in [0, 0.1) is 0 Å². The Morgan fingerprint density at radius 2 is 1.84 bits per heavy atom. The maximum absolute atomic E-state index is 12.6. The van der Waals surface area contributed by atoms with Gasteiger partial charge in [-0.2, -0.15) is 0 Å². The molecule has 0 spiro atoms. The Bertz CT molecular complexity index is 1150. The molecule has 1 heterocycles. The normalized spacial score (nSPS) is 13.7. The zero-order valence-electron chi connectivity index (χ0n) is 17.8. The van der Waals surface area contributed by atoms with Crippen LogP contribution in [0.1, 0.15) is 46.5 Å². The molecule has 8 heteroatoms. The van der Waals surface area contributed by atoms with E-state index < -0.39 is 18.5 Å². The van der Waals surface area contributed by atoms with Crippen LogP contribution in [-0.4, -0.2) is 42.5 Å². The Morgan fingerprint density at radius 3 is 2.62 bits per heavy atom. The van der Waals surface area contributed by atoms with Crippen LogP contribution in [0.15, 0.2) is 48.5 Å². The summed E-state index contributed by atoms with van der Waals surface area (Å²) in [5, 5.41) is 6.50. The highest BCUT2D eigenvalue weighted by molar-refractivity contribution is 6.04. The molecule has 0 radical (unpaired) electrons. The van der Waals surface area contributed by atoms with Crippen molar-refractivity contribution in [1.82, 2.24) is 10.3 Å². The number of anilines is 1. The molecule has 1 fully saturated rings. The van der Waals surface area contributed by atoms with E-state index in [0.29, 0.717) is 17.0 Å². The number of aromatic nitrogens is 1. The van der Waals surface area contributed by atoms with Crippen LogP contribution < -0.4 is 15.4 Å². The minimum absolute atomic E-state index is 0.170. The van der Waals surface area contributed by atoms with Crippen LogP contribution in [0.2, 0.25) is 0 Å². The van der Waals surface area contributed by atoms with Gasteiger partial charge in [-0.15, -0.1) is 0 Å². The van der Waals surface area contributed by atoms with Gasteiger partial charge in [0.15, 0.2) is 6.61 Å². The Balaban J connectivity index is 1.36. The van der Waals surface area contributed by atoms with E-state index >= 15 is 0 Å². The third-order valence-corrected chi connectivity index (χ3v) is 5.52. The average Bonchev–Trinajstić information content (AvgIpc) is 3.47. The molecule has 0 saturated heterocycles. The van der Waals surface area contributed by atoms with Crippen molar-refractivity contribution in [3.05, 3.63) is 59.8 Å². The molecule has 0 bridgehead atoms. The highest BCUT2D eigenvalue weighted by Gasteiger charge is 2.20. The number of hydrogen-bond donors (Lipinski definition) is 3. The zero-order valence-corrected chi connectivity index (χ0v) is 17.8. The van der Waals surface area contributed by atoms with Gasteiger partial charge in [-0.1, -0.05) is 25.0 Å². The predicted octanol–water partition coefficient (Wildman–Crippen LogP) is 3.64. The SMILES string of the molecule is COc1ccc2cc(C(=O)OCC(=O)Nc3ccccc3C(=O)NC3CCCC3)[nH]c2c1. The quantitative estimate of drug-likeness (QED) is 0.491. The number of aromatic amines is 1. The molecule has 2 aromatic carbocycles. The summed E-state index contributed by atoms with van der Waals surface area (Å²) in [6.45, 7) is -0.476. The van der Waals surface area contributed by atoms with Crippen molar-refractivity contribution in [2.24, 2.45) is 0 Å². The van der Waals surface area contributed by atoms with Gasteiger partial charge >= 0.3 is 5.97 Å². The Hall–Kier alpha value is -3.81. The van der Waals surface area contributed by atoms with Gasteiger partial charge in [0.2, 0.25) is 0 Å². The lowest BCUT2D eigenvalue weighted by molar-refractivity contribution is -0.119. The summed E-state index contributed by atoms with van der Waals surface area (Å²) >= 11 is 0. The lowest BCUT2D eigenvalue weighted by Gasteiger charge is -2.15. The predicted molar refractivity (Wildman–Crippen MR) is 120 cm³/mol. The van der Waals surface area contributed by atoms with E-state index in [4.69, 9.17) is 9.47 Å². The van der Waals surface area contributed by atoms with Gasteiger partial charge in [0.05, 0.1) is 18.4 Å². The molecule has 1 aliphatic rings. The van der Waals surface area contributed by atoms with Crippen LogP contribution in [-0.2, 0) is 9.53 Å². The van der Waals surface area contributed by atoms with Crippen LogP contribution in [0.25, 0.3) is 10.9 Å². The summed E-state index contributed by atoms with van der Waals surface area (Å²) in [7, 11) is 1.56. The molecule has 3 aromatic rings. The summed E-state index contributed by atoms with van der Waals surface area (Å²) in [6, 6.07) is 14.0. The van der Waals surface area contributed by atoms with Gasteiger partial charge in [-0.05, 0) is 43.2 Å². The number of rotatable bonds is 7. The largest absolute Gasteiger partial charge is 0.497 e. The number of nitrogens with one attached hydrogen (secondary N) is 3. The van der Waals surface area contributed by atoms with Gasteiger partial charge in [0, 0.05) is 23.0 Å². The van der Waals surface area contributed by atoms with Crippen molar-refractivity contribution >= 4 is 34.4 Å². The molecule has 0 unspecified atom stereocenters. The van der Waals surface area contributed by atoms with E-state index in [-0.39, 0.29) is 17.6 Å². The molecule has 1 saturated carbocycles. The Labute approximate surface area is 185 Å². The Kier molecular flexibility index (Phi) is 6.39. The van der Waals surface area contributed by atoms with E-state index in [9.17, 15) is 14.4 Å². The summed E-state index contributed by atoms with van der Waals surface area (Å²) in [5.41, 5.74) is 1.71. The maximum atomic E-state index is 12.6. The summed E-state index contributed by atoms with van der Waals surface area (Å²) in [6.07, 6.45) is 4.16. The fraction of sp³-hybridized carbons (Fsp3) is 0.292. The van der Waals surface area contributed by atoms with Crippen LogP contribution in [0.5, 0.6) is 5.75 Å². The van der Waals surface area contributed by atoms with Crippen LogP contribution in [0.3, 0.4) is 0 Å². The van der Waals surface area contributed by atoms with Crippen molar-refractivity contribution in [2.45, 2.75) is 31.7 Å². The molecule has 8 nitrogen and oxygen atoms in total. The number of H-pyrrole nitrogens is 1. The van der Waals surface area contributed by atoms with E-state index in [2.05, 4.69) is 15.6 Å². The fourth-order valence-electron chi connectivity index (χ4n) is 3.86. The zero-order chi connectivity index (χ0) is 22.5. The highest BCUT2D eigenvalue weighted by Crippen LogP contribution is 2.22. The second-order valence-electron chi connectivity index (χ2n) is 7.76. The number of ether oxygens (including phenoxy) is 2. The second kappa shape index (κ2) is 9.55. The smallest absolute Gasteiger partial charge is 0.355 e. The van der Waals surface area contributed by atoms with Crippen LogP contribution in [0.4, 0.5) is 5.69 Å². The Morgan fingerprint density at radius 1 is 1.06 bits per heavy atom. The highest BCUT2D eigenvalue weighted by atomic mass is 16.5. The minimum Gasteiger partial charge on any atom is -0.497 e. The van der Waals surface area contributed by atoms with Gasteiger partial charge < -0.3 is 25.1 Å². The summed E-state index contributed by atoms with van der Waals surface area (Å²) < 4.78 is 10.3. The first-order valence-corrected chi connectivity index (χ1v) is 10.6. The van der Waals surface area contributed by atoms with E-state index in [1.807, 2.05) is 6.07 Å². The molecule has 3 N–H and O–H groups in total. The lowest BCUT2D eigenvalue weighted by Crippen LogP contribution is -2.33. The standard InChI is InChI=1S/C24H25N3O5/c1-31-17-11-10-15-12-21(26-20(15)13-17)24(30)32-14-22(28)27-19-9-5-4-8-18(19)23(29)25-16-6-2-3-7-16/h4-5,8-13,16,26H,2-3,6-7,14H2,1H3,(H,25,29)(H,27,28). The topological polar surface area (TPSA) is 110 Å². The first kappa shape index (κ1) is 21.4. The van der Waals surface area contributed by atoms with Crippen LogP contribution >= 0.6 is 0 Å². The van der Waals surface area contributed by atoms with Crippen molar-refractivity contribution in [3.63, 3.8) is 0 Å². The number of hydrogen-bond acceptors (Lipinski definition) is 5. The molecular weight excluding hydrogens is 410 g/mol. The number of esters is 1. The molecule has 0 aliphatic heterocycles. The van der Waals surface area contributed by atoms with E-state index in [1.54, 1.807) is 49.6 Å². The minimum atomic E-state index is -0.650. The second-order valence-corrected chi connectivity index (χ2v) is 7.76. The number of amides is 2. The number of fused-ring (bicyclic) bond motifs is 1.